The van der Waals surface area contributed by atoms with Gasteiger partial charge in [0.15, 0.2) is 0 Å². The van der Waals surface area contributed by atoms with Crippen LogP contribution < -0.4 is 15.6 Å². The van der Waals surface area contributed by atoms with Gasteiger partial charge in [0.2, 0.25) is 11.8 Å². The monoisotopic (exact) mass is 723 g/mol. The number of aromatic hydroxyl groups is 5. The lowest BCUT2D eigenvalue weighted by molar-refractivity contribution is -0.151. The molecule has 1 aromatic heterocycles. The molecule has 7 rings (SSSR count). The number of phenols is 5. The normalized spacial score (nSPS) is 16.3. The van der Waals surface area contributed by atoms with Crippen LogP contribution in [-0.2, 0) is 20.9 Å². The summed E-state index contributed by atoms with van der Waals surface area (Å²) in [6.45, 7) is 4.51. The third-order valence-electron chi connectivity index (χ3n) is 10.6. The topological polar surface area (TPSA) is 219 Å². The van der Waals surface area contributed by atoms with Gasteiger partial charge in [0, 0.05) is 32.6 Å². The van der Waals surface area contributed by atoms with Crippen molar-refractivity contribution < 1.29 is 49.8 Å². The Morgan fingerprint density at radius 2 is 1.49 bits per heavy atom. The van der Waals surface area contributed by atoms with Crippen LogP contribution in [-0.4, -0.2) is 83.6 Å². The van der Waals surface area contributed by atoms with E-state index >= 15 is 0 Å². The molecule has 0 radical (unpaired) electrons. The summed E-state index contributed by atoms with van der Waals surface area (Å²) in [4.78, 5) is 53.9. The fourth-order valence-corrected chi connectivity index (χ4v) is 7.84. The Morgan fingerprint density at radius 1 is 0.811 bits per heavy atom. The molecule has 274 valence electrons. The van der Waals surface area contributed by atoms with E-state index in [1.54, 1.807) is 24.3 Å². The number of hydrogen-bond donors (Lipinski definition) is 7. The van der Waals surface area contributed by atoms with E-state index in [1.165, 1.54) is 36.8 Å². The van der Waals surface area contributed by atoms with Crippen molar-refractivity contribution >= 4 is 71.6 Å². The van der Waals surface area contributed by atoms with Gasteiger partial charge in [0.05, 0.1) is 29.8 Å². The van der Waals surface area contributed by atoms with Gasteiger partial charge in [-0.2, -0.15) is 0 Å². The number of hydrogen-bond acceptors (Lipinski definition) is 10. The first-order valence-corrected chi connectivity index (χ1v) is 17.1. The number of fused-ring (bicyclic) bond motifs is 6. The molecule has 6 aromatic rings. The minimum Gasteiger partial charge on any atom is -0.507 e. The standard InChI is InChI=1S/C39H37N3O11/c1-5-17(6-2)24-12-19-11-18-7-8-20-31(33(46)22-13-21-25(43)9-10-26(44)30(21)35(48)32(22)36(20)53-4)28(18)34(47)29(19)38(50)42(24)15-27(45)41-14-23(39(51)52)40-37(49)16(41)3/h7-13,16-17,23,43-44,46-48H,5-6,14-15H2,1-4H3,(H,40,49)(H,51,52). The fourth-order valence-electron chi connectivity index (χ4n) is 7.84. The smallest absolute Gasteiger partial charge is 0.328 e. The van der Waals surface area contributed by atoms with Crippen LogP contribution in [0.3, 0.4) is 0 Å². The first-order chi connectivity index (χ1) is 25.2. The third kappa shape index (κ3) is 5.15. The lowest BCUT2D eigenvalue weighted by atomic mass is 9.90. The largest absolute Gasteiger partial charge is 0.507 e. The number of nitrogens with one attached hydrogen (secondary N) is 1. The molecule has 2 amide bonds. The molecule has 7 N–H and O–H groups in total. The number of benzene rings is 5. The summed E-state index contributed by atoms with van der Waals surface area (Å²) >= 11 is 0. The Morgan fingerprint density at radius 3 is 2.15 bits per heavy atom. The molecular formula is C39H37N3O11. The summed E-state index contributed by atoms with van der Waals surface area (Å²) < 4.78 is 7.00. The van der Waals surface area contributed by atoms with Gasteiger partial charge in [0.1, 0.15) is 53.1 Å². The van der Waals surface area contributed by atoms with Crippen LogP contribution in [0.1, 0.15) is 45.2 Å². The number of carboxylic acid groups (broad SMARTS) is 1. The molecule has 0 bridgehead atoms. The number of nitrogens with zero attached hydrogens (tertiary/aromatic N) is 2. The van der Waals surface area contributed by atoms with Crippen molar-refractivity contribution in [1.82, 2.24) is 14.8 Å². The Labute approximate surface area is 300 Å². The highest BCUT2D eigenvalue weighted by atomic mass is 16.5. The first-order valence-electron chi connectivity index (χ1n) is 17.1. The SMILES string of the molecule is CCC(CC)c1cc2cc3ccc4c(OC)c5c(O)c6c(O)ccc(O)c6cc5c(O)c4c3c(O)c2c(=O)n1CC(=O)N1CC(C(=O)O)NC(=O)C1C. The molecular weight excluding hydrogens is 686 g/mol. The Hall–Kier alpha value is -6.44. The van der Waals surface area contributed by atoms with E-state index in [-0.39, 0.29) is 72.8 Å². The van der Waals surface area contributed by atoms with Crippen LogP contribution in [0.15, 0.2) is 47.3 Å². The van der Waals surface area contributed by atoms with Gasteiger partial charge in [-0.15, -0.1) is 0 Å². The van der Waals surface area contributed by atoms with Crippen LogP contribution in [0.4, 0.5) is 0 Å². The van der Waals surface area contributed by atoms with E-state index in [4.69, 9.17) is 4.74 Å². The van der Waals surface area contributed by atoms with Gasteiger partial charge in [-0.25, -0.2) is 4.79 Å². The van der Waals surface area contributed by atoms with Gasteiger partial charge in [0.25, 0.3) is 5.56 Å². The molecule has 1 aliphatic rings. The average molecular weight is 724 g/mol. The van der Waals surface area contributed by atoms with Crippen molar-refractivity contribution in [3.8, 4) is 34.5 Å². The number of pyridine rings is 1. The molecule has 0 saturated carbocycles. The van der Waals surface area contributed by atoms with Gasteiger partial charge in [-0.1, -0.05) is 19.9 Å². The molecule has 2 heterocycles. The molecule has 1 saturated heterocycles. The molecule has 14 heteroatoms. The van der Waals surface area contributed by atoms with Crippen molar-refractivity contribution in [1.29, 1.82) is 0 Å². The quantitative estimate of drug-likeness (QED) is 0.0670. The van der Waals surface area contributed by atoms with Crippen molar-refractivity contribution in [2.75, 3.05) is 13.7 Å². The Bertz CT molecular complexity index is 2650. The second-order valence-corrected chi connectivity index (χ2v) is 13.4. The molecule has 0 aliphatic carbocycles. The highest BCUT2D eigenvalue weighted by Crippen LogP contribution is 2.53. The zero-order chi connectivity index (χ0) is 38.2. The van der Waals surface area contributed by atoms with E-state index in [9.17, 15) is 49.8 Å². The van der Waals surface area contributed by atoms with Crippen LogP contribution in [0.2, 0.25) is 0 Å². The van der Waals surface area contributed by atoms with Crippen LogP contribution >= 0.6 is 0 Å². The number of aliphatic carboxylic acids is 1. The predicted molar refractivity (Wildman–Crippen MR) is 197 cm³/mol. The lowest BCUT2D eigenvalue weighted by Gasteiger charge is -2.36. The number of carbonyl (C=O) groups excluding carboxylic acids is 2. The number of amides is 2. The van der Waals surface area contributed by atoms with Crippen molar-refractivity contribution in [2.24, 2.45) is 0 Å². The van der Waals surface area contributed by atoms with Gasteiger partial charge in [-0.05, 0) is 72.9 Å². The number of methoxy groups -OCH3 is 1. The molecule has 0 spiro atoms. The number of aromatic nitrogens is 1. The Balaban J connectivity index is 1.53. The molecule has 53 heavy (non-hydrogen) atoms. The summed E-state index contributed by atoms with van der Waals surface area (Å²) in [5.41, 5.74) is -0.195. The molecule has 1 fully saturated rings. The minimum atomic E-state index is -1.33. The van der Waals surface area contributed by atoms with Gasteiger partial charge >= 0.3 is 5.97 Å². The molecule has 2 unspecified atom stereocenters. The second kappa shape index (κ2) is 12.7. The fraction of sp³-hybridized carbons (Fsp3) is 0.282. The molecule has 14 nitrogen and oxygen atoms in total. The summed E-state index contributed by atoms with van der Waals surface area (Å²) in [5.74, 6) is -4.66. The summed E-state index contributed by atoms with van der Waals surface area (Å²) in [6, 6.07) is 8.24. The maximum atomic E-state index is 14.6. The summed E-state index contributed by atoms with van der Waals surface area (Å²) in [6.07, 6.45) is 1.22. The molecule has 1 aliphatic heterocycles. The maximum absolute atomic E-state index is 14.6. The second-order valence-electron chi connectivity index (χ2n) is 13.4. The maximum Gasteiger partial charge on any atom is 0.328 e. The number of ether oxygens (including phenoxy) is 1. The molecule has 2 atom stereocenters. The first kappa shape index (κ1) is 35.0. The van der Waals surface area contributed by atoms with Crippen molar-refractivity contribution in [3.63, 3.8) is 0 Å². The van der Waals surface area contributed by atoms with E-state index in [1.807, 2.05) is 13.8 Å². The molecule has 5 aromatic carbocycles. The number of rotatable bonds is 7. The van der Waals surface area contributed by atoms with Crippen molar-refractivity contribution in [3.05, 3.63) is 58.5 Å². The van der Waals surface area contributed by atoms with E-state index in [0.717, 1.165) is 4.90 Å². The Kier molecular flexibility index (Phi) is 8.35. The average Bonchev–Trinajstić information content (AvgIpc) is 3.12. The zero-order valence-corrected chi connectivity index (χ0v) is 29.2. The number of phenolic OH excluding ortho intramolecular Hbond substituents is 5. The number of carboxylic acids is 1. The van der Waals surface area contributed by atoms with Crippen LogP contribution in [0, 0.1) is 0 Å². The van der Waals surface area contributed by atoms with E-state index in [0.29, 0.717) is 29.3 Å². The van der Waals surface area contributed by atoms with Crippen molar-refractivity contribution in [2.45, 2.75) is 58.2 Å². The lowest BCUT2D eigenvalue weighted by Crippen LogP contribution is -2.63. The third-order valence-corrected chi connectivity index (χ3v) is 10.6. The van der Waals surface area contributed by atoms with E-state index in [2.05, 4.69) is 5.32 Å². The van der Waals surface area contributed by atoms with Crippen LogP contribution in [0.5, 0.6) is 34.5 Å². The highest BCUT2D eigenvalue weighted by Gasteiger charge is 2.38. The summed E-state index contributed by atoms with van der Waals surface area (Å²) in [5, 5.41) is 69.6. The number of carbonyl (C=O) groups is 3. The van der Waals surface area contributed by atoms with E-state index < -0.39 is 59.2 Å². The minimum absolute atomic E-state index is 0.0266. The van der Waals surface area contributed by atoms with Crippen LogP contribution in [0.25, 0.3) is 53.9 Å². The van der Waals surface area contributed by atoms with Gasteiger partial charge < -0.3 is 50.2 Å². The predicted octanol–water partition coefficient (Wildman–Crippen LogP) is 4.85. The zero-order valence-electron chi connectivity index (χ0n) is 29.2. The summed E-state index contributed by atoms with van der Waals surface area (Å²) in [7, 11) is 1.35. The highest BCUT2D eigenvalue weighted by molar-refractivity contribution is 6.27. The number of piperazine rings is 1. The van der Waals surface area contributed by atoms with Gasteiger partial charge in [-0.3, -0.25) is 14.4 Å².